The summed E-state index contributed by atoms with van der Waals surface area (Å²) in [7, 11) is 0. The first-order valence-electron chi connectivity index (χ1n) is 13.7. The number of Topliss-reactive ketones (excluding diaryl/α,β-unsaturated/α-hetero) is 1. The number of halogens is 1. The average Bonchev–Trinajstić information content (AvgIpc) is 2.98. The summed E-state index contributed by atoms with van der Waals surface area (Å²) in [5.41, 5.74) is 3.51. The monoisotopic (exact) mass is 610 g/mol. The summed E-state index contributed by atoms with van der Waals surface area (Å²) in [5, 5.41) is 9.50. The van der Waals surface area contributed by atoms with Gasteiger partial charge < -0.3 is 21.3 Å². The van der Waals surface area contributed by atoms with Crippen LogP contribution in [-0.4, -0.2) is 35.0 Å². The third-order valence-electron chi connectivity index (χ3n) is 5.67. The van der Waals surface area contributed by atoms with Crippen molar-refractivity contribution in [1.29, 1.82) is 0 Å². The molecule has 42 heavy (non-hydrogen) atoms. The maximum atomic E-state index is 12.6. The van der Waals surface area contributed by atoms with Crippen molar-refractivity contribution in [2.24, 2.45) is 5.92 Å². The van der Waals surface area contributed by atoms with Gasteiger partial charge in [0.05, 0.1) is 6.04 Å². The van der Waals surface area contributed by atoms with Gasteiger partial charge in [0, 0.05) is 23.7 Å². The molecule has 0 aromatic heterocycles. The highest BCUT2D eigenvalue weighted by atomic mass is 35.5. The van der Waals surface area contributed by atoms with E-state index in [2.05, 4.69) is 54.7 Å². The number of hydrogen-bond acceptors (Lipinski definition) is 5. The number of thiol groups is 1. The molecule has 0 saturated heterocycles. The number of hydrogen-bond donors (Lipinski definition) is 5. The number of nitrogens with one attached hydrogen (secondary N) is 4. The molecule has 4 amide bonds. The molecule has 3 aromatic carbocycles. The lowest BCUT2D eigenvalue weighted by Gasteiger charge is -2.19. The van der Waals surface area contributed by atoms with Gasteiger partial charge in [0.2, 0.25) is 5.78 Å². The Bertz CT molecular complexity index is 1320. The Morgan fingerprint density at radius 3 is 1.90 bits per heavy atom. The predicted molar refractivity (Wildman–Crippen MR) is 171 cm³/mol. The van der Waals surface area contributed by atoms with Crippen molar-refractivity contribution in [2.75, 3.05) is 0 Å². The quantitative estimate of drug-likeness (QED) is 0.112. The molecule has 2 unspecified atom stereocenters. The molecule has 0 aliphatic rings. The summed E-state index contributed by atoms with van der Waals surface area (Å²) in [5.74, 6) is -1.48. The van der Waals surface area contributed by atoms with E-state index in [1.165, 1.54) is 0 Å². The first kappa shape index (κ1) is 34.4. The average molecular weight is 611 g/mol. The van der Waals surface area contributed by atoms with Crippen LogP contribution in [0.1, 0.15) is 45.2 Å². The minimum absolute atomic E-state index is 0.135. The molecule has 0 heterocycles. The second-order valence-electron chi connectivity index (χ2n) is 10.1. The van der Waals surface area contributed by atoms with Crippen LogP contribution in [0.4, 0.5) is 4.79 Å². The molecule has 0 bridgehead atoms. The molecule has 0 radical (unpaired) electrons. The Labute approximate surface area is 258 Å². The molecule has 8 nitrogen and oxygen atoms in total. The van der Waals surface area contributed by atoms with Crippen LogP contribution in [0, 0.1) is 5.92 Å². The number of amides is 4. The van der Waals surface area contributed by atoms with Gasteiger partial charge in [-0.2, -0.15) is 0 Å². The van der Waals surface area contributed by atoms with E-state index in [1.807, 2.05) is 78.9 Å². The molecule has 0 spiro atoms. The van der Waals surface area contributed by atoms with Crippen LogP contribution in [0.2, 0.25) is 5.02 Å². The fraction of sp³-hybridized carbons (Fsp3) is 0.312. The van der Waals surface area contributed by atoms with E-state index in [-0.39, 0.29) is 19.5 Å². The maximum Gasteiger partial charge on any atom is 0.316 e. The summed E-state index contributed by atoms with van der Waals surface area (Å²) in [6.07, 6.45) is 0.186. The van der Waals surface area contributed by atoms with E-state index in [1.54, 1.807) is 6.92 Å². The molecule has 224 valence electrons. The van der Waals surface area contributed by atoms with Gasteiger partial charge >= 0.3 is 6.03 Å². The standard InChI is InChI=1S/C28H29ClN4O4S.C4H10/c1-2-23(32-26(36)27(38)33-28(37)31-17-18-8-4-3-5-9-18)24(34)25(35)30-16-19-12-14-20(15-13-19)21-10-6-7-11-22(21)29;1-4(2)3/h3-15,23,27,38H,2,16-17H2,1H3,(H,30,35)(H,32,36)(H2,31,33,37);4H,1-3H3. The highest BCUT2D eigenvalue weighted by molar-refractivity contribution is 7.81. The lowest BCUT2D eigenvalue weighted by molar-refractivity contribution is -0.140. The summed E-state index contributed by atoms with van der Waals surface area (Å²) in [6, 6.07) is 22.5. The van der Waals surface area contributed by atoms with E-state index in [0.29, 0.717) is 5.02 Å². The van der Waals surface area contributed by atoms with Crippen LogP contribution in [-0.2, 0) is 27.5 Å². The van der Waals surface area contributed by atoms with Crippen molar-refractivity contribution in [3.63, 3.8) is 0 Å². The van der Waals surface area contributed by atoms with Gasteiger partial charge in [0.1, 0.15) is 0 Å². The Balaban J connectivity index is 0.00000144. The smallest absolute Gasteiger partial charge is 0.316 e. The van der Waals surface area contributed by atoms with E-state index >= 15 is 0 Å². The van der Waals surface area contributed by atoms with Crippen molar-refractivity contribution in [3.8, 4) is 11.1 Å². The molecule has 0 fully saturated rings. The molecule has 2 atom stereocenters. The topological polar surface area (TPSA) is 116 Å². The zero-order valence-corrected chi connectivity index (χ0v) is 26.0. The highest BCUT2D eigenvalue weighted by Gasteiger charge is 2.27. The first-order chi connectivity index (χ1) is 20.0. The molecule has 3 aromatic rings. The number of carbonyl (C=O) groups is 4. The Hall–Kier alpha value is -3.82. The second kappa shape index (κ2) is 17.9. The minimum Gasteiger partial charge on any atom is -0.345 e. The first-order valence-corrected chi connectivity index (χ1v) is 14.6. The fourth-order valence-electron chi connectivity index (χ4n) is 3.55. The van der Waals surface area contributed by atoms with Crippen LogP contribution in [0.3, 0.4) is 0 Å². The van der Waals surface area contributed by atoms with E-state index in [9.17, 15) is 19.2 Å². The van der Waals surface area contributed by atoms with Crippen LogP contribution in [0.25, 0.3) is 11.1 Å². The van der Waals surface area contributed by atoms with E-state index in [4.69, 9.17) is 11.6 Å². The van der Waals surface area contributed by atoms with Crippen LogP contribution < -0.4 is 21.3 Å². The second-order valence-corrected chi connectivity index (χ2v) is 11.1. The van der Waals surface area contributed by atoms with E-state index in [0.717, 1.165) is 28.2 Å². The SMILES string of the molecule is CC(C)C.CCC(NC(=O)C(S)NC(=O)NCc1ccccc1)C(=O)C(=O)NCc1ccc(-c2ccccc2Cl)cc1. The fourth-order valence-corrected chi connectivity index (χ4v) is 3.98. The minimum atomic E-state index is -1.22. The van der Waals surface area contributed by atoms with Gasteiger partial charge in [-0.05, 0) is 35.1 Å². The number of rotatable bonds is 11. The molecule has 3 rings (SSSR count). The Morgan fingerprint density at radius 2 is 1.31 bits per heavy atom. The summed E-state index contributed by atoms with van der Waals surface area (Å²) < 4.78 is 0. The number of benzene rings is 3. The third kappa shape index (κ3) is 12.0. The zero-order valence-electron chi connectivity index (χ0n) is 24.3. The van der Waals surface area contributed by atoms with Crippen LogP contribution >= 0.6 is 24.2 Å². The van der Waals surface area contributed by atoms with Crippen molar-refractivity contribution in [1.82, 2.24) is 21.3 Å². The summed E-state index contributed by atoms with van der Waals surface area (Å²) >= 11 is 10.3. The Kier molecular flexibility index (Phi) is 14.6. The lowest BCUT2D eigenvalue weighted by Crippen LogP contribution is -2.53. The Morgan fingerprint density at radius 1 is 0.762 bits per heavy atom. The van der Waals surface area contributed by atoms with Crippen LogP contribution in [0.5, 0.6) is 0 Å². The lowest BCUT2D eigenvalue weighted by atomic mass is 10.0. The molecule has 4 N–H and O–H groups in total. The van der Waals surface area contributed by atoms with Crippen molar-refractivity contribution in [2.45, 2.75) is 58.6 Å². The molecule has 0 aliphatic heterocycles. The molecule has 10 heteroatoms. The largest absolute Gasteiger partial charge is 0.345 e. The number of carbonyl (C=O) groups excluding carboxylic acids is 4. The van der Waals surface area contributed by atoms with Gasteiger partial charge in [0.15, 0.2) is 5.37 Å². The highest BCUT2D eigenvalue weighted by Crippen LogP contribution is 2.27. The van der Waals surface area contributed by atoms with Crippen molar-refractivity contribution >= 4 is 47.9 Å². The predicted octanol–water partition coefficient (Wildman–Crippen LogP) is 5.50. The van der Waals surface area contributed by atoms with Crippen LogP contribution in [0.15, 0.2) is 78.9 Å². The van der Waals surface area contributed by atoms with E-state index < -0.39 is 35.0 Å². The molecular formula is C32H39ClN4O4S. The maximum absolute atomic E-state index is 12.6. The molecule has 0 saturated carbocycles. The normalized spacial score (nSPS) is 11.8. The zero-order chi connectivity index (χ0) is 31.1. The summed E-state index contributed by atoms with van der Waals surface area (Å²) in [6.45, 7) is 8.57. The van der Waals surface area contributed by atoms with Crippen molar-refractivity contribution < 1.29 is 19.2 Å². The van der Waals surface area contributed by atoms with Gasteiger partial charge in [-0.1, -0.05) is 112 Å². The molecule has 0 aliphatic carbocycles. The van der Waals surface area contributed by atoms with Crippen molar-refractivity contribution in [3.05, 3.63) is 95.0 Å². The third-order valence-corrected chi connectivity index (χ3v) is 6.36. The number of ketones is 1. The van der Waals surface area contributed by atoms with Gasteiger partial charge in [0.25, 0.3) is 11.8 Å². The van der Waals surface area contributed by atoms with Gasteiger partial charge in [-0.3, -0.25) is 14.4 Å². The summed E-state index contributed by atoms with van der Waals surface area (Å²) in [4.78, 5) is 49.7. The van der Waals surface area contributed by atoms with Gasteiger partial charge in [-0.15, -0.1) is 12.6 Å². The molecular weight excluding hydrogens is 572 g/mol. The number of urea groups is 1. The van der Waals surface area contributed by atoms with Gasteiger partial charge in [-0.25, -0.2) is 4.79 Å².